The molecule has 6 nitrogen and oxygen atoms in total. The Labute approximate surface area is 152 Å². The molecule has 1 fully saturated rings. The molecule has 1 aliphatic heterocycles. The van der Waals surface area contributed by atoms with Crippen molar-refractivity contribution in [3.63, 3.8) is 0 Å². The van der Waals surface area contributed by atoms with E-state index in [1.165, 1.54) is 0 Å². The molecule has 136 valence electrons. The average Bonchev–Trinajstić information content (AvgIpc) is 2.68. The number of carboxylic acid groups (broad SMARTS) is 1. The topological polar surface area (TPSA) is 79.7 Å². The number of ether oxygens (including phenoxy) is 1. The van der Waals surface area contributed by atoms with Crippen LogP contribution in [0.2, 0.25) is 0 Å². The summed E-state index contributed by atoms with van der Waals surface area (Å²) in [7, 11) is 0. The predicted molar refractivity (Wildman–Crippen MR) is 95.7 cm³/mol. The maximum Gasteiger partial charge on any atom is 0.308 e. The van der Waals surface area contributed by atoms with E-state index < -0.39 is 11.9 Å². The molecule has 1 aliphatic rings. The van der Waals surface area contributed by atoms with E-state index in [0.29, 0.717) is 26.1 Å². The number of amides is 1. The van der Waals surface area contributed by atoms with Crippen molar-refractivity contribution < 1.29 is 19.4 Å². The lowest BCUT2D eigenvalue weighted by atomic mass is 9.97. The molecule has 2 aromatic rings. The number of rotatable bonds is 6. The molecule has 0 saturated carbocycles. The minimum atomic E-state index is -0.821. The number of carbonyl (C=O) groups excluding carboxylic acids is 1. The number of aromatic nitrogens is 1. The molecule has 0 bridgehead atoms. The fraction of sp³-hybridized carbons (Fsp3) is 0.350. The molecule has 1 N–H and O–H groups in total. The van der Waals surface area contributed by atoms with Gasteiger partial charge in [0.15, 0.2) is 0 Å². The second-order valence-corrected chi connectivity index (χ2v) is 6.48. The van der Waals surface area contributed by atoms with Crippen molar-refractivity contribution in [2.75, 3.05) is 13.1 Å². The zero-order valence-electron chi connectivity index (χ0n) is 14.5. The molecule has 1 aromatic heterocycles. The van der Waals surface area contributed by atoms with Crippen molar-refractivity contribution in [3.05, 3.63) is 59.9 Å². The number of likely N-dealkylation sites (tertiary alicyclic amines) is 1. The zero-order valence-corrected chi connectivity index (χ0v) is 14.5. The molecule has 26 heavy (non-hydrogen) atoms. The van der Waals surface area contributed by atoms with Crippen molar-refractivity contribution in [1.29, 1.82) is 0 Å². The molecule has 1 saturated heterocycles. The van der Waals surface area contributed by atoms with E-state index in [1.807, 2.05) is 36.4 Å². The molecule has 1 unspecified atom stereocenters. The summed E-state index contributed by atoms with van der Waals surface area (Å²) < 4.78 is 5.72. The number of nitrogens with zero attached hydrogens (tertiary/aromatic N) is 2. The minimum absolute atomic E-state index is 0.0265. The van der Waals surface area contributed by atoms with E-state index in [9.17, 15) is 9.59 Å². The van der Waals surface area contributed by atoms with Crippen molar-refractivity contribution >= 4 is 11.9 Å². The van der Waals surface area contributed by atoms with Crippen LogP contribution in [0.25, 0.3) is 0 Å². The van der Waals surface area contributed by atoms with Crippen LogP contribution >= 0.6 is 0 Å². The maximum atomic E-state index is 12.4. The number of hydrogen-bond donors (Lipinski definition) is 1. The van der Waals surface area contributed by atoms with E-state index in [0.717, 1.165) is 23.3 Å². The molecule has 1 amide bonds. The number of benzene rings is 1. The van der Waals surface area contributed by atoms with Gasteiger partial charge in [-0.05, 0) is 48.2 Å². The number of carboxylic acids is 1. The van der Waals surface area contributed by atoms with Gasteiger partial charge in [0.1, 0.15) is 12.4 Å². The lowest BCUT2D eigenvalue weighted by Crippen LogP contribution is -2.42. The Morgan fingerprint density at radius 1 is 1.12 bits per heavy atom. The van der Waals surface area contributed by atoms with Crippen LogP contribution < -0.4 is 4.74 Å². The summed E-state index contributed by atoms with van der Waals surface area (Å²) >= 11 is 0. The first-order chi connectivity index (χ1) is 12.6. The Morgan fingerprint density at radius 2 is 1.85 bits per heavy atom. The van der Waals surface area contributed by atoms with Crippen LogP contribution in [0.5, 0.6) is 5.75 Å². The summed E-state index contributed by atoms with van der Waals surface area (Å²) in [4.78, 5) is 29.2. The quantitative estimate of drug-likeness (QED) is 0.862. The van der Waals surface area contributed by atoms with Gasteiger partial charge < -0.3 is 14.7 Å². The van der Waals surface area contributed by atoms with E-state index in [4.69, 9.17) is 9.84 Å². The molecule has 3 rings (SSSR count). The van der Waals surface area contributed by atoms with Crippen molar-refractivity contribution in [2.24, 2.45) is 5.92 Å². The van der Waals surface area contributed by atoms with E-state index >= 15 is 0 Å². The second kappa shape index (κ2) is 8.47. The van der Waals surface area contributed by atoms with Crippen molar-refractivity contribution in [2.45, 2.75) is 25.9 Å². The van der Waals surface area contributed by atoms with Gasteiger partial charge in [0.05, 0.1) is 12.3 Å². The zero-order chi connectivity index (χ0) is 18.4. The smallest absolute Gasteiger partial charge is 0.308 e. The van der Waals surface area contributed by atoms with E-state index in [2.05, 4.69) is 4.98 Å². The molecular formula is C20H22N2O4. The second-order valence-electron chi connectivity index (χ2n) is 6.48. The van der Waals surface area contributed by atoms with Crippen LogP contribution in [-0.4, -0.2) is 40.0 Å². The summed E-state index contributed by atoms with van der Waals surface area (Å²) in [6, 6.07) is 11.2. The van der Waals surface area contributed by atoms with Gasteiger partial charge in [-0.15, -0.1) is 0 Å². The van der Waals surface area contributed by atoms with Gasteiger partial charge in [0, 0.05) is 25.5 Å². The lowest BCUT2D eigenvalue weighted by molar-refractivity contribution is -0.145. The fourth-order valence-corrected chi connectivity index (χ4v) is 3.04. The molecule has 2 heterocycles. The van der Waals surface area contributed by atoms with Gasteiger partial charge in [0.25, 0.3) is 0 Å². The molecule has 0 spiro atoms. The van der Waals surface area contributed by atoms with Crippen molar-refractivity contribution in [1.82, 2.24) is 9.88 Å². The van der Waals surface area contributed by atoms with Gasteiger partial charge >= 0.3 is 5.97 Å². The third-order valence-electron chi connectivity index (χ3n) is 4.56. The van der Waals surface area contributed by atoms with Crippen LogP contribution in [0.3, 0.4) is 0 Å². The predicted octanol–water partition coefficient (Wildman–Crippen LogP) is 2.53. The van der Waals surface area contributed by atoms with Crippen LogP contribution in [0.4, 0.5) is 0 Å². The van der Waals surface area contributed by atoms with Crippen molar-refractivity contribution in [3.8, 4) is 5.75 Å². The summed E-state index contributed by atoms with van der Waals surface area (Å²) in [5.74, 6) is -0.557. The van der Waals surface area contributed by atoms with Crippen LogP contribution in [-0.2, 0) is 22.6 Å². The first-order valence-electron chi connectivity index (χ1n) is 8.73. The average molecular weight is 354 g/mol. The highest BCUT2D eigenvalue weighted by Gasteiger charge is 2.27. The highest BCUT2D eigenvalue weighted by atomic mass is 16.5. The van der Waals surface area contributed by atoms with Gasteiger partial charge in [-0.2, -0.15) is 0 Å². The number of piperidine rings is 1. The Morgan fingerprint density at radius 3 is 2.54 bits per heavy atom. The van der Waals surface area contributed by atoms with E-state index in [-0.39, 0.29) is 12.3 Å². The molecule has 6 heteroatoms. The summed E-state index contributed by atoms with van der Waals surface area (Å²) in [5, 5.41) is 9.14. The van der Waals surface area contributed by atoms with Crippen LogP contribution in [0, 0.1) is 5.92 Å². The minimum Gasteiger partial charge on any atom is -0.489 e. The van der Waals surface area contributed by atoms with Gasteiger partial charge in [-0.1, -0.05) is 12.1 Å². The standard InChI is InChI=1S/C20H22N2O4/c23-19(22-11-1-2-17(13-22)20(24)25)12-15-3-5-18(6-4-15)26-14-16-7-9-21-10-8-16/h3-10,17H,1-2,11-14H2,(H,24,25). The molecule has 1 aromatic carbocycles. The number of pyridine rings is 1. The van der Waals surface area contributed by atoms with Gasteiger partial charge in [-0.3, -0.25) is 14.6 Å². The maximum absolute atomic E-state index is 12.4. The largest absolute Gasteiger partial charge is 0.489 e. The Kier molecular flexibility index (Phi) is 5.84. The third-order valence-corrected chi connectivity index (χ3v) is 4.56. The monoisotopic (exact) mass is 354 g/mol. The van der Waals surface area contributed by atoms with E-state index in [1.54, 1.807) is 17.3 Å². The molecule has 1 atom stereocenters. The first-order valence-corrected chi connectivity index (χ1v) is 8.73. The van der Waals surface area contributed by atoms with Crippen LogP contribution in [0.1, 0.15) is 24.0 Å². The Hall–Kier alpha value is -2.89. The number of hydrogen-bond acceptors (Lipinski definition) is 4. The number of carbonyl (C=O) groups is 2. The molecule has 0 radical (unpaired) electrons. The fourth-order valence-electron chi connectivity index (χ4n) is 3.04. The highest BCUT2D eigenvalue weighted by molar-refractivity contribution is 5.80. The Bertz CT molecular complexity index is 746. The summed E-state index contributed by atoms with van der Waals surface area (Å²) in [6.07, 6.45) is 5.11. The molecular weight excluding hydrogens is 332 g/mol. The lowest BCUT2D eigenvalue weighted by Gasteiger charge is -2.30. The summed E-state index contributed by atoms with van der Waals surface area (Å²) in [5.41, 5.74) is 1.93. The first kappa shape index (κ1) is 17.9. The SMILES string of the molecule is O=C(O)C1CCCN(C(=O)Cc2ccc(OCc3ccncc3)cc2)C1. The van der Waals surface area contributed by atoms with Gasteiger partial charge in [-0.25, -0.2) is 0 Å². The van der Waals surface area contributed by atoms with Crippen LogP contribution in [0.15, 0.2) is 48.8 Å². The summed E-state index contributed by atoms with van der Waals surface area (Å²) in [6.45, 7) is 1.40. The number of aliphatic carboxylic acids is 1. The normalized spacial score (nSPS) is 16.9. The highest BCUT2D eigenvalue weighted by Crippen LogP contribution is 2.19. The molecule has 0 aliphatic carbocycles. The third kappa shape index (κ3) is 4.81. The Balaban J connectivity index is 1.52. The van der Waals surface area contributed by atoms with Gasteiger partial charge in [0.2, 0.25) is 5.91 Å².